The van der Waals surface area contributed by atoms with E-state index in [0.29, 0.717) is 12.0 Å². The number of aromatic amines is 1. The highest BCUT2D eigenvalue weighted by molar-refractivity contribution is 7.71. The maximum atomic E-state index is 6.35. The fourth-order valence-corrected chi connectivity index (χ4v) is 3.58. The van der Waals surface area contributed by atoms with Crippen LogP contribution in [-0.2, 0) is 0 Å². The standard InChI is InChI=1S/C16H13ClN2S/c17-12-7-4-8-13-15(12)19(16(20)18-13)14-9-11(14)10-5-2-1-3-6-10/h1-8,11,14H,9H2,(H,18,20). The number of H-pyrrole nitrogens is 1. The van der Waals surface area contributed by atoms with E-state index in [1.165, 1.54) is 5.56 Å². The zero-order valence-corrected chi connectivity index (χ0v) is 12.3. The Hall–Kier alpha value is -1.58. The highest BCUT2D eigenvalue weighted by Crippen LogP contribution is 2.52. The molecule has 0 bridgehead atoms. The van der Waals surface area contributed by atoms with Gasteiger partial charge in [0.05, 0.1) is 16.1 Å². The van der Waals surface area contributed by atoms with Crippen LogP contribution in [0, 0.1) is 4.77 Å². The number of nitrogens with zero attached hydrogens (tertiary/aromatic N) is 1. The van der Waals surface area contributed by atoms with Gasteiger partial charge in [-0.1, -0.05) is 48.0 Å². The minimum Gasteiger partial charge on any atom is -0.331 e. The number of fused-ring (bicyclic) bond motifs is 1. The van der Waals surface area contributed by atoms with E-state index in [2.05, 4.69) is 39.9 Å². The van der Waals surface area contributed by atoms with E-state index in [0.717, 1.165) is 27.2 Å². The Balaban J connectivity index is 1.82. The SMILES string of the molecule is S=c1[nH]c2cccc(Cl)c2n1C1CC1c1ccccc1. The number of halogens is 1. The van der Waals surface area contributed by atoms with Crippen LogP contribution in [0.5, 0.6) is 0 Å². The third-order valence-corrected chi connectivity index (χ3v) is 4.61. The van der Waals surface area contributed by atoms with Gasteiger partial charge in [-0.2, -0.15) is 0 Å². The van der Waals surface area contributed by atoms with Crippen LogP contribution in [0.25, 0.3) is 11.0 Å². The van der Waals surface area contributed by atoms with Crippen LogP contribution in [0.1, 0.15) is 23.9 Å². The lowest BCUT2D eigenvalue weighted by molar-refractivity contribution is 0.728. The lowest BCUT2D eigenvalue weighted by atomic mass is 10.1. The van der Waals surface area contributed by atoms with Crippen molar-refractivity contribution in [2.75, 3.05) is 0 Å². The number of nitrogens with one attached hydrogen (secondary N) is 1. The first kappa shape index (κ1) is 12.2. The average Bonchev–Trinajstić information content (AvgIpc) is 3.16. The topological polar surface area (TPSA) is 20.7 Å². The summed E-state index contributed by atoms with van der Waals surface area (Å²) < 4.78 is 2.95. The Kier molecular flexibility index (Phi) is 2.72. The molecule has 1 aliphatic carbocycles. The van der Waals surface area contributed by atoms with Gasteiger partial charge in [-0.15, -0.1) is 0 Å². The summed E-state index contributed by atoms with van der Waals surface area (Å²) in [5.41, 5.74) is 3.42. The molecule has 0 saturated heterocycles. The number of para-hydroxylation sites is 1. The number of hydrogen-bond donors (Lipinski definition) is 1. The van der Waals surface area contributed by atoms with E-state index in [9.17, 15) is 0 Å². The zero-order valence-electron chi connectivity index (χ0n) is 10.7. The van der Waals surface area contributed by atoms with Crippen molar-refractivity contribution >= 4 is 34.9 Å². The van der Waals surface area contributed by atoms with Gasteiger partial charge in [-0.3, -0.25) is 0 Å². The summed E-state index contributed by atoms with van der Waals surface area (Å²) in [6, 6.07) is 16.9. The number of hydrogen-bond acceptors (Lipinski definition) is 1. The van der Waals surface area contributed by atoms with E-state index in [1.807, 2.05) is 18.2 Å². The van der Waals surface area contributed by atoms with Crippen molar-refractivity contribution in [2.24, 2.45) is 0 Å². The van der Waals surface area contributed by atoms with Crippen molar-refractivity contribution in [3.05, 3.63) is 63.9 Å². The molecule has 1 N–H and O–H groups in total. The van der Waals surface area contributed by atoms with E-state index >= 15 is 0 Å². The molecule has 3 aromatic rings. The summed E-state index contributed by atoms with van der Waals surface area (Å²) in [5, 5.41) is 0.758. The van der Waals surface area contributed by atoms with Gasteiger partial charge in [0.25, 0.3) is 0 Å². The maximum absolute atomic E-state index is 6.35. The van der Waals surface area contributed by atoms with Gasteiger partial charge in [0, 0.05) is 12.0 Å². The molecule has 100 valence electrons. The largest absolute Gasteiger partial charge is 0.331 e. The Bertz CT molecular complexity index is 835. The van der Waals surface area contributed by atoms with Gasteiger partial charge in [0.1, 0.15) is 0 Å². The van der Waals surface area contributed by atoms with E-state index in [1.54, 1.807) is 0 Å². The van der Waals surface area contributed by atoms with Crippen molar-refractivity contribution in [3.63, 3.8) is 0 Å². The van der Waals surface area contributed by atoms with Gasteiger partial charge in [-0.25, -0.2) is 0 Å². The lowest BCUT2D eigenvalue weighted by Crippen LogP contribution is -1.96. The molecule has 4 rings (SSSR count). The molecular formula is C16H13ClN2S. The summed E-state index contributed by atoms with van der Waals surface area (Å²) in [6.07, 6.45) is 1.12. The summed E-state index contributed by atoms with van der Waals surface area (Å²) >= 11 is 11.8. The Morgan fingerprint density at radius 3 is 2.70 bits per heavy atom. The first-order chi connectivity index (χ1) is 9.75. The maximum Gasteiger partial charge on any atom is 0.178 e. The molecule has 2 unspecified atom stereocenters. The molecule has 0 spiro atoms. The molecule has 1 fully saturated rings. The number of rotatable bonds is 2. The predicted octanol–water partition coefficient (Wildman–Crippen LogP) is 5.08. The molecular weight excluding hydrogens is 288 g/mol. The van der Waals surface area contributed by atoms with Gasteiger partial charge in [0.2, 0.25) is 0 Å². The number of benzene rings is 2. The summed E-state index contributed by atoms with van der Waals surface area (Å²) in [4.78, 5) is 3.25. The second-order valence-electron chi connectivity index (χ2n) is 5.26. The second kappa shape index (κ2) is 4.47. The van der Waals surface area contributed by atoms with Crippen molar-refractivity contribution in [1.82, 2.24) is 9.55 Å². The molecule has 1 aliphatic rings. The Morgan fingerprint density at radius 1 is 1.10 bits per heavy atom. The first-order valence-corrected chi connectivity index (χ1v) is 7.48. The predicted molar refractivity (Wildman–Crippen MR) is 85.0 cm³/mol. The third-order valence-electron chi connectivity index (χ3n) is 4.00. The van der Waals surface area contributed by atoms with Crippen LogP contribution in [0.15, 0.2) is 48.5 Å². The van der Waals surface area contributed by atoms with Crippen LogP contribution in [0.3, 0.4) is 0 Å². The fourth-order valence-electron chi connectivity index (χ4n) is 2.98. The Morgan fingerprint density at radius 2 is 1.90 bits per heavy atom. The van der Waals surface area contributed by atoms with Gasteiger partial charge in [-0.05, 0) is 36.3 Å². The molecule has 0 radical (unpaired) electrons. The van der Waals surface area contributed by atoms with Gasteiger partial charge >= 0.3 is 0 Å². The van der Waals surface area contributed by atoms with Crippen molar-refractivity contribution < 1.29 is 0 Å². The molecule has 0 amide bonds. The van der Waals surface area contributed by atoms with Crippen LogP contribution in [-0.4, -0.2) is 9.55 Å². The van der Waals surface area contributed by atoms with Crippen molar-refractivity contribution in [3.8, 4) is 0 Å². The smallest absolute Gasteiger partial charge is 0.178 e. The summed E-state index contributed by atoms with van der Waals surface area (Å²) in [7, 11) is 0. The van der Waals surface area contributed by atoms with E-state index in [-0.39, 0.29) is 0 Å². The van der Waals surface area contributed by atoms with Crippen LogP contribution < -0.4 is 0 Å². The van der Waals surface area contributed by atoms with Gasteiger partial charge < -0.3 is 9.55 Å². The van der Waals surface area contributed by atoms with Gasteiger partial charge in [0.15, 0.2) is 4.77 Å². The van der Waals surface area contributed by atoms with E-state index < -0.39 is 0 Å². The summed E-state index contributed by atoms with van der Waals surface area (Å²) in [5.74, 6) is 0.540. The zero-order chi connectivity index (χ0) is 13.7. The molecule has 1 heterocycles. The average molecular weight is 301 g/mol. The molecule has 2 atom stereocenters. The Labute approximate surface area is 127 Å². The van der Waals surface area contributed by atoms with Crippen LogP contribution >= 0.6 is 23.8 Å². The minimum atomic E-state index is 0.415. The minimum absolute atomic E-state index is 0.415. The molecule has 2 aromatic carbocycles. The normalized spacial score (nSPS) is 21.2. The first-order valence-electron chi connectivity index (χ1n) is 6.69. The molecule has 1 saturated carbocycles. The van der Waals surface area contributed by atoms with E-state index in [4.69, 9.17) is 23.8 Å². The quantitative estimate of drug-likeness (QED) is 0.654. The van der Waals surface area contributed by atoms with Crippen LogP contribution in [0.2, 0.25) is 5.02 Å². The highest BCUT2D eigenvalue weighted by atomic mass is 35.5. The fraction of sp³-hybridized carbons (Fsp3) is 0.188. The number of aromatic nitrogens is 2. The monoisotopic (exact) mass is 300 g/mol. The van der Waals surface area contributed by atoms with Crippen molar-refractivity contribution in [1.29, 1.82) is 0 Å². The molecule has 0 aliphatic heterocycles. The van der Waals surface area contributed by atoms with Crippen molar-refractivity contribution in [2.45, 2.75) is 18.4 Å². The highest BCUT2D eigenvalue weighted by Gasteiger charge is 2.41. The summed E-state index contributed by atoms with van der Waals surface area (Å²) in [6.45, 7) is 0. The molecule has 4 heteroatoms. The molecule has 1 aromatic heterocycles. The number of imidazole rings is 1. The molecule has 2 nitrogen and oxygen atoms in total. The lowest BCUT2D eigenvalue weighted by Gasteiger charge is -2.05. The third kappa shape index (κ3) is 1.81. The molecule has 20 heavy (non-hydrogen) atoms. The van der Waals surface area contributed by atoms with Crippen LogP contribution in [0.4, 0.5) is 0 Å². The second-order valence-corrected chi connectivity index (χ2v) is 6.05.